The number of halogens is 1. The number of nitrogens with two attached hydrogens (primary N) is 1. The van der Waals surface area contributed by atoms with Crippen LogP contribution in [-0.4, -0.2) is 27.6 Å². The number of aromatic nitrogens is 2. The van der Waals surface area contributed by atoms with E-state index in [-0.39, 0.29) is 36.7 Å². The third-order valence-electron chi connectivity index (χ3n) is 3.22. The van der Waals surface area contributed by atoms with E-state index in [4.69, 9.17) is 5.73 Å². The molecule has 0 aliphatic rings. The Hall–Kier alpha value is -2.38. The summed E-state index contributed by atoms with van der Waals surface area (Å²) in [5, 5.41) is 9.61. The third kappa shape index (κ3) is 5.68. The first-order valence-corrected chi connectivity index (χ1v) is 7.41. The number of rotatable bonds is 6. The van der Waals surface area contributed by atoms with Crippen LogP contribution in [0.3, 0.4) is 0 Å². The summed E-state index contributed by atoms with van der Waals surface area (Å²) < 4.78 is 1.57. The van der Waals surface area contributed by atoms with Gasteiger partial charge in [0.05, 0.1) is 0 Å². The number of hydrogen-bond acceptors (Lipinski definition) is 4. The van der Waals surface area contributed by atoms with Crippen LogP contribution in [-0.2, 0) is 9.59 Å². The second kappa shape index (κ2) is 9.05. The van der Waals surface area contributed by atoms with Crippen LogP contribution in [0.5, 0.6) is 0 Å². The first-order chi connectivity index (χ1) is 11.0. The molecule has 1 heterocycles. The molecule has 8 heteroatoms. The fourth-order valence-corrected chi connectivity index (χ4v) is 2.06. The van der Waals surface area contributed by atoms with E-state index in [0.29, 0.717) is 11.4 Å². The van der Waals surface area contributed by atoms with Crippen LogP contribution in [0.25, 0.3) is 0 Å². The molecule has 1 aromatic heterocycles. The maximum Gasteiger partial charge on any atom is 0.248 e. The van der Waals surface area contributed by atoms with Gasteiger partial charge in [-0.2, -0.15) is 5.10 Å². The van der Waals surface area contributed by atoms with E-state index < -0.39 is 6.04 Å². The molecule has 2 rings (SSSR count). The maximum atomic E-state index is 12.2. The number of amides is 2. The van der Waals surface area contributed by atoms with Crippen molar-refractivity contribution in [3.63, 3.8) is 0 Å². The number of nitrogens with zero attached hydrogens (tertiary/aromatic N) is 2. The molecule has 0 saturated carbocycles. The third-order valence-corrected chi connectivity index (χ3v) is 3.22. The largest absolute Gasteiger partial charge is 0.327 e. The molecule has 0 aliphatic heterocycles. The fourth-order valence-electron chi connectivity index (χ4n) is 2.06. The maximum absolute atomic E-state index is 12.2. The van der Waals surface area contributed by atoms with E-state index in [2.05, 4.69) is 15.7 Å². The Morgan fingerprint density at radius 3 is 2.46 bits per heavy atom. The molecule has 2 atom stereocenters. The molecule has 0 saturated heterocycles. The molecule has 0 radical (unpaired) electrons. The Labute approximate surface area is 147 Å². The van der Waals surface area contributed by atoms with E-state index in [1.807, 2.05) is 0 Å². The van der Waals surface area contributed by atoms with Crippen LogP contribution in [0.1, 0.15) is 26.3 Å². The first kappa shape index (κ1) is 19.7. The quantitative estimate of drug-likeness (QED) is 0.742. The summed E-state index contributed by atoms with van der Waals surface area (Å²) in [5.41, 5.74) is 6.81. The second-order valence-corrected chi connectivity index (χ2v) is 5.46. The van der Waals surface area contributed by atoms with Gasteiger partial charge in [-0.25, -0.2) is 0 Å². The highest BCUT2D eigenvalue weighted by Gasteiger charge is 2.15. The molecule has 4 N–H and O–H groups in total. The van der Waals surface area contributed by atoms with Gasteiger partial charge < -0.3 is 16.4 Å². The number of hydrogen-bond donors (Lipinski definition) is 3. The van der Waals surface area contributed by atoms with E-state index in [1.165, 1.54) is 0 Å². The Morgan fingerprint density at radius 2 is 1.88 bits per heavy atom. The minimum atomic E-state index is -0.429. The Balaban J connectivity index is 0.00000288. The van der Waals surface area contributed by atoms with Gasteiger partial charge >= 0.3 is 0 Å². The molecule has 0 bridgehead atoms. The number of benzene rings is 1. The van der Waals surface area contributed by atoms with Gasteiger partial charge in [0.2, 0.25) is 11.8 Å². The van der Waals surface area contributed by atoms with Crippen LogP contribution in [0.2, 0.25) is 0 Å². The lowest BCUT2D eigenvalue weighted by molar-refractivity contribution is -0.119. The van der Waals surface area contributed by atoms with Crippen molar-refractivity contribution in [2.75, 3.05) is 10.6 Å². The number of carbonyl (C=O) groups excluding carboxylic acids is 2. The summed E-state index contributed by atoms with van der Waals surface area (Å²) >= 11 is 0. The van der Waals surface area contributed by atoms with Crippen molar-refractivity contribution >= 4 is 35.6 Å². The van der Waals surface area contributed by atoms with Crippen molar-refractivity contribution in [3.05, 3.63) is 42.7 Å². The summed E-state index contributed by atoms with van der Waals surface area (Å²) in [5.74, 6) is -0.346. The SMILES string of the molecule is CC(N)CC(=O)Nc1cccc(NC(=O)C(C)n2cccn2)c1.Cl. The highest BCUT2D eigenvalue weighted by Crippen LogP contribution is 2.17. The fraction of sp³-hybridized carbons (Fsp3) is 0.312. The van der Waals surface area contributed by atoms with Gasteiger partial charge in [0.1, 0.15) is 6.04 Å². The van der Waals surface area contributed by atoms with Gasteiger partial charge in [-0.15, -0.1) is 12.4 Å². The number of carbonyl (C=O) groups is 2. The molecular formula is C16H22ClN5O2. The van der Waals surface area contributed by atoms with Gasteiger partial charge in [-0.1, -0.05) is 6.07 Å². The van der Waals surface area contributed by atoms with Crippen molar-refractivity contribution in [1.82, 2.24) is 9.78 Å². The number of nitrogens with one attached hydrogen (secondary N) is 2. The highest BCUT2D eigenvalue weighted by molar-refractivity contribution is 5.95. The van der Waals surface area contributed by atoms with Crippen molar-refractivity contribution in [2.24, 2.45) is 5.73 Å². The average molecular weight is 352 g/mol. The van der Waals surface area contributed by atoms with Gasteiger partial charge in [0.25, 0.3) is 0 Å². The lowest BCUT2D eigenvalue weighted by Crippen LogP contribution is -2.25. The van der Waals surface area contributed by atoms with Gasteiger partial charge in [0.15, 0.2) is 0 Å². The zero-order chi connectivity index (χ0) is 16.8. The van der Waals surface area contributed by atoms with E-state index in [1.54, 1.807) is 61.3 Å². The highest BCUT2D eigenvalue weighted by atomic mass is 35.5. The lowest BCUT2D eigenvalue weighted by atomic mass is 10.2. The zero-order valence-electron chi connectivity index (χ0n) is 13.6. The van der Waals surface area contributed by atoms with Crippen molar-refractivity contribution in [3.8, 4) is 0 Å². The second-order valence-electron chi connectivity index (χ2n) is 5.46. The summed E-state index contributed by atoms with van der Waals surface area (Å²) in [6, 6.07) is 8.11. The Bertz CT molecular complexity index is 673. The van der Waals surface area contributed by atoms with Crippen LogP contribution < -0.4 is 16.4 Å². The number of anilines is 2. The Morgan fingerprint density at radius 1 is 1.21 bits per heavy atom. The molecular weight excluding hydrogens is 330 g/mol. The van der Waals surface area contributed by atoms with E-state index >= 15 is 0 Å². The molecule has 1 aromatic carbocycles. The van der Waals surface area contributed by atoms with Crippen molar-refractivity contribution in [1.29, 1.82) is 0 Å². The van der Waals surface area contributed by atoms with Gasteiger partial charge in [0, 0.05) is 36.2 Å². The summed E-state index contributed by atoms with van der Waals surface area (Å²) in [6.45, 7) is 3.53. The summed E-state index contributed by atoms with van der Waals surface area (Å²) in [4.78, 5) is 23.9. The topological polar surface area (TPSA) is 102 Å². The minimum Gasteiger partial charge on any atom is -0.327 e. The van der Waals surface area contributed by atoms with Gasteiger partial charge in [-0.05, 0) is 38.1 Å². The molecule has 130 valence electrons. The van der Waals surface area contributed by atoms with Crippen molar-refractivity contribution in [2.45, 2.75) is 32.4 Å². The van der Waals surface area contributed by atoms with Crippen LogP contribution in [0.15, 0.2) is 42.7 Å². The van der Waals surface area contributed by atoms with E-state index in [9.17, 15) is 9.59 Å². The van der Waals surface area contributed by atoms with Gasteiger partial charge in [-0.3, -0.25) is 14.3 Å². The smallest absolute Gasteiger partial charge is 0.248 e. The monoisotopic (exact) mass is 351 g/mol. The predicted octanol–water partition coefficient (Wildman–Crippen LogP) is 2.18. The summed E-state index contributed by atoms with van der Waals surface area (Å²) in [6.07, 6.45) is 3.60. The molecule has 24 heavy (non-hydrogen) atoms. The molecule has 0 aliphatic carbocycles. The molecule has 2 aromatic rings. The van der Waals surface area contributed by atoms with E-state index in [0.717, 1.165) is 0 Å². The standard InChI is InChI=1S/C16H21N5O2.ClH/c1-11(17)9-15(22)19-13-5-3-6-14(10-13)20-16(23)12(2)21-8-4-7-18-21;/h3-8,10-12H,9,17H2,1-2H3,(H,19,22)(H,20,23);1H. The average Bonchev–Trinajstić information content (AvgIpc) is 2.99. The normalized spacial score (nSPS) is 12.6. The van der Waals surface area contributed by atoms with Crippen molar-refractivity contribution < 1.29 is 9.59 Å². The summed E-state index contributed by atoms with van der Waals surface area (Å²) in [7, 11) is 0. The molecule has 2 unspecified atom stereocenters. The lowest BCUT2D eigenvalue weighted by Gasteiger charge is -2.13. The van der Waals surface area contributed by atoms with Crippen LogP contribution in [0, 0.1) is 0 Å². The molecule has 7 nitrogen and oxygen atoms in total. The first-order valence-electron chi connectivity index (χ1n) is 7.41. The van der Waals surface area contributed by atoms with Crippen LogP contribution in [0.4, 0.5) is 11.4 Å². The predicted molar refractivity (Wildman–Crippen MR) is 96.2 cm³/mol. The minimum absolute atomic E-state index is 0. The van der Waals surface area contributed by atoms with Crippen LogP contribution >= 0.6 is 12.4 Å². The molecule has 0 spiro atoms. The zero-order valence-corrected chi connectivity index (χ0v) is 14.4. The Kier molecular flexibility index (Phi) is 7.41. The molecule has 2 amide bonds. The molecule has 0 fully saturated rings.